The first-order valence-corrected chi connectivity index (χ1v) is 9.44. The Kier molecular flexibility index (Phi) is 6.49. The van der Waals surface area contributed by atoms with Gasteiger partial charge < -0.3 is 24.4 Å². The van der Waals surface area contributed by atoms with Gasteiger partial charge in [-0.2, -0.15) is 0 Å². The molecule has 0 unspecified atom stereocenters. The van der Waals surface area contributed by atoms with E-state index in [0.29, 0.717) is 38.7 Å². The van der Waals surface area contributed by atoms with Gasteiger partial charge in [-0.1, -0.05) is 0 Å². The largest absolute Gasteiger partial charge is 0.486 e. The smallest absolute Gasteiger partial charge is 0.241 e. The van der Waals surface area contributed by atoms with Crippen LogP contribution in [0.3, 0.4) is 0 Å². The van der Waals surface area contributed by atoms with E-state index < -0.39 is 0 Å². The maximum absolute atomic E-state index is 12.8. The molecule has 0 fully saturated rings. The zero-order chi connectivity index (χ0) is 18.4. The number of methoxy groups -OCH3 is 1. The summed E-state index contributed by atoms with van der Waals surface area (Å²) in [5.74, 6) is 1.41. The molecular weight excluding hydrogens is 352 g/mol. The van der Waals surface area contributed by atoms with Crippen molar-refractivity contribution in [1.29, 1.82) is 0 Å². The fraction of sp³-hybridized carbons (Fsp3) is 0.421. The number of anilines is 1. The monoisotopic (exact) mass is 376 g/mol. The maximum Gasteiger partial charge on any atom is 0.241 e. The predicted molar refractivity (Wildman–Crippen MR) is 102 cm³/mol. The van der Waals surface area contributed by atoms with E-state index in [0.717, 1.165) is 16.3 Å². The van der Waals surface area contributed by atoms with Gasteiger partial charge in [0.2, 0.25) is 5.91 Å². The summed E-state index contributed by atoms with van der Waals surface area (Å²) < 4.78 is 16.3. The minimum absolute atomic E-state index is 0.00355. The summed E-state index contributed by atoms with van der Waals surface area (Å²) in [5, 5.41) is 3.12. The molecule has 7 heteroatoms. The lowest BCUT2D eigenvalue weighted by molar-refractivity contribution is -0.117. The number of hydrogen-bond donors (Lipinski definition) is 1. The van der Waals surface area contributed by atoms with Crippen LogP contribution in [0.1, 0.15) is 9.75 Å². The van der Waals surface area contributed by atoms with Crippen LogP contribution < -0.4 is 19.7 Å². The Morgan fingerprint density at radius 1 is 1.23 bits per heavy atom. The number of nitrogens with zero attached hydrogens (tertiary/aromatic N) is 1. The molecule has 1 N–H and O–H groups in total. The van der Waals surface area contributed by atoms with Crippen LogP contribution in [-0.4, -0.2) is 45.9 Å². The third-order valence-electron chi connectivity index (χ3n) is 4.01. The highest BCUT2D eigenvalue weighted by molar-refractivity contribution is 7.11. The van der Waals surface area contributed by atoms with Crippen LogP contribution >= 0.6 is 11.3 Å². The van der Waals surface area contributed by atoms with Gasteiger partial charge in [0.1, 0.15) is 13.2 Å². The first kappa shape index (κ1) is 18.7. The minimum atomic E-state index is 0.00355. The van der Waals surface area contributed by atoms with E-state index in [1.54, 1.807) is 23.3 Å². The average Bonchev–Trinajstić information content (AvgIpc) is 3.07. The number of nitrogens with one attached hydrogen (secondary N) is 1. The Hall–Kier alpha value is -2.09. The van der Waals surface area contributed by atoms with Gasteiger partial charge in [-0.15, -0.1) is 11.3 Å². The second-order valence-corrected chi connectivity index (χ2v) is 7.36. The number of aryl methyl sites for hydroxylation is 1. The van der Waals surface area contributed by atoms with Crippen LogP contribution in [0.15, 0.2) is 30.3 Å². The molecule has 140 valence electrons. The summed E-state index contributed by atoms with van der Waals surface area (Å²) in [6.07, 6.45) is 0. The van der Waals surface area contributed by atoms with Crippen molar-refractivity contribution in [3.8, 4) is 11.5 Å². The third kappa shape index (κ3) is 4.75. The molecular formula is C19H24N2O4S. The fourth-order valence-electron chi connectivity index (χ4n) is 2.71. The molecule has 0 atom stereocenters. The number of benzene rings is 1. The van der Waals surface area contributed by atoms with Gasteiger partial charge in [-0.25, -0.2) is 0 Å². The van der Waals surface area contributed by atoms with E-state index in [4.69, 9.17) is 14.2 Å². The molecule has 6 nitrogen and oxygen atoms in total. The average molecular weight is 376 g/mol. The van der Waals surface area contributed by atoms with Crippen LogP contribution in [0.25, 0.3) is 0 Å². The first-order chi connectivity index (χ1) is 12.7. The number of fused-ring (bicyclic) bond motifs is 1. The molecule has 1 amide bonds. The van der Waals surface area contributed by atoms with Crippen LogP contribution in [0.4, 0.5) is 5.69 Å². The third-order valence-corrected chi connectivity index (χ3v) is 4.99. The van der Waals surface area contributed by atoms with Crippen LogP contribution in [0, 0.1) is 6.92 Å². The van der Waals surface area contributed by atoms with Crippen molar-refractivity contribution in [2.75, 3.05) is 44.9 Å². The molecule has 0 bridgehead atoms. The van der Waals surface area contributed by atoms with Crippen molar-refractivity contribution in [3.05, 3.63) is 40.1 Å². The zero-order valence-electron chi connectivity index (χ0n) is 15.1. The number of carbonyl (C=O) groups is 1. The van der Waals surface area contributed by atoms with Crippen molar-refractivity contribution < 1.29 is 19.0 Å². The summed E-state index contributed by atoms with van der Waals surface area (Å²) in [6.45, 7) is 5.12. The summed E-state index contributed by atoms with van der Waals surface area (Å²) in [7, 11) is 1.64. The van der Waals surface area contributed by atoms with Crippen LogP contribution in [0.2, 0.25) is 0 Å². The first-order valence-electron chi connectivity index (χ1n) is 8.62. The van der Waals surface area contributed by atoms with Gasteiger partial charge in [0, 0.05) is 35.2 Å². The molecule has 1 aromatic carbocycles. The fourth-order valence-corrected chi connectivity index (χ4v) is 3.59. The Balaban J connectivity index is 1.78. The summed E-state index contributed by atoms with van der Waals surface area (Å²) in [6, 6.07) is 9.78. The van der Waals surface area contributed by atoms with Crippen molar-refractivity contribution in [1.82, 2.24) is 5.32 Å². The molecule has 0 spiro atoms. The number of rotatable bonds is 8. The lowest BCUT2D eigenvalue weighted by atomic mass is 10.2. The Labute approximate surface area is 157 Å². The molecule has 26 heavy (non-hydrogen) atoms. The quantitative estimate of drug-likeness (QED) is 0.718. The lowest BCUT2D eigenvalue weighted by Gasteiger charge is -2.25. The molecule has 2 heterocycles. The highest BCUT2D eigenvalue weighted by atomic mass is 32.1. The molecule has 1 aromatic heterocycles. The van der Waals surface area contributed by atoms with E-state index in [9.17, 15) is 4.79 Å². The highest BCUT2D eigenvalue weighted by Gasteiger charge is 2.20. The Bertz CT molecular complexity index is 747. The second kappa shape index (κ2) is 9.02. The highest BCUT2D eigenvalue weighted by Crippen LogP contribution is 2.34. The van der Waals surface area contributed by atoms with Gasteiger partial charge in [0.15, 0.2) is 11.5 Å². The zero-order valence-corrected chi connectivity index (χ0v) is 15.9. The van der Waals surface area contributed by atoms with Crippen LogP contribution in [0.5, 0.6) is 11.5 Å². The van der Waals surface area contributed by atoms with E-state index in [1.165, 1.54) is 4.88 Å². The Morgan fingerprint density at radius 2 is 2.04 bits per heavy atom. The predicted octanol–water partition coefficient (Wildman–Crippen LogP) is 2.60. The number of hydrogen-bond acceptors (Lipinski definition) is 6. The van der Waals surface area contributed by atoms with Gasteiger partial charge in [-0.3, -0.25) is 4.79 Å². The van der Waals surface area contributed by atoms with Crippen molar-refractivity contribution in [3.63, 3.8) is 0 Å². The lowest BCUT2D eigenvalue weighted by Crippen LogP contribution is -2.38. The topological polar surface area (TPSA) is 60.0 Å². The van der Waals surface area contributed by atoms with Gasteiger partial charge in [-0.05, 0) is 31.2 Å². The molecule has 0 aliphatic carbocycles. The van der Waals surface area contributed by atoms with E-state index >= 15 is 0 Å². The van der Waals surface area contributed by atoms with Crippen molar-refractivity contribution in [2.24, 2.45) is 0 Å². The van der Waals surface area contributed by atoms with Crippen molar-refractivity contribution >= 4 is 22.9 Å². The molecule has 3 rings (SSSR count). The molecule has 1 aliphatic rings. The second-order valence-electron chi connectivity index (χ2n) is 5.99. The number of thiophene rings is 1. The van der Waals surface area contributed by atoms with Crippen molar-refractivity contribution in [2.45, 2.75) is 13.5 Å². The normalized spacial score (nSPS) is 12.8. The molecule has 1 aliphatic heterocycles. The maximum atomic E-state index is 12.8. The summed E-state index contributed by atoms with van der Waals surface area (Å²) in [4.78, 5) is 17.0. The number of carbonyl (C=O) groups excluding carboxylic acids is 1. The number of ether oxygens (including phenoxy) is 3. The minimum Gasteiger partial charge on any atom is -0.486 e. The van der Waals surface area contributed by atoms with Gasteiger partial charge >= 0.3 is 0 Å². The molecule has 0 saturated heterocycles. The number of amides is 1. The molecule has 0 saturated carbocycles. The van der Waals surface area contributed by atoms with E-state index in [2.05, 4.69) is 24.4 Å². The van der Waals surface area contributed by atoms with E-state index in [1.807, 2.05) is 18.2 Å². The standard InChI is InChI=1S/C19H24N2O4S/c1-14-3-5-16(26-14)13-21(19(22)12-20-7-8-23-2)15-4-6-17-18(11-15)25-10-9-24-17/h3-6,11,20H,7-10,12-13H2,1-2H3. The van der Waals surface area contributed by atoms with Gasteiger partial charge in [0.05, 0.1) is 19.7 Å². The Morgan fingerprint density at radius 3 is 2.77 bits per heavy atom. The molecule has 2 aromatic rings. The van der Waals surface area contributed by atoms with E-state index in [-0.39, 0.29) is 12.5 Å². The molecule has 0 radical (unpaired) electrons. The summed E-state index contributed by atoms with van der Waals surface area (Å²) in [5.41, 5.74) is 0.804. The van der Waals surface area contributed by atoms with Crippen LogP contribution in [-0.2, 0) is 16.1 Å². The summed E-state index contributed by atoms with van der Waals surface area (Å²) >= 11 is 1.70. The SMILES string of the molecule is COCCNCC(=O)N(Cc1ccc(C)s1)c1ccc2c(c1)OCCO2. The van der Waals surface area contributed by atoms with Gasteiger partial charge in [0.25, 0.3) is 0 Å².